The van der Waals surface area contributed by atoms with Gasteiger partial charge < -0.3 is 19.6 Å². The molecule has 1 amide bonds. The molecule has 0 spiro atoms. The zero-order valence-corrected chi connectivity index (χ0v) is 14.3. The Balaban J connectivity index is 1.71. The lowest BCUT2D eigenvalue weighted by Crippen LogP contribution is -2.27. The Morgan fingerprint density at radius 3 is 2.72 bits per heavy atom. The second kappa shape index (κ2) is 7.30. The van der Waals surface area contributed by atoms with Gasteiger partial charge in [-0.2, -0.15) is 0 Å². The molecule has 2 N–H and O–H groups in total. The van der Waals surface area contributed by atoms with Crippen molar-refractivity contribution in [1.29, 1.82) is 0 Å². The molecule has 130 valence electrons. The molecule has 0 saturated heterocycles. The summed E-state index contributed by atoms with van der Waals surface area (Å²) in [6, 6.07) is 14.0. The van der Waals surface area contributed by atoms with E-state index in [9.17, 15) is 9.90 Å². The zero-order valence-electron chi connectivity index (χ0n) is 14.3. The molecule has 0 aliphatic heterocycles. The van der Waals surface area contributed by atoms with Crippen LogP contribution in [0.5, 0.6) is 11.5 Å². The van der Waals surface area contributed by atoms with Gasteiger partial charge in [0.2, 0.25) is 5.91 Å². The first-order valence-corrected chi connectivity index (χ1v) is 8.29. The fraction of sp³-hybridized carbons (Fsp3) is 0.250. The van der Waals surface area contributed by atoms with E-state index < -0.39 is 0 Å². The van der Waals surface area contributed by atoms with Gasteiger partial charge in [-0.15, -0.1) is 0 Å². The number of carbonyl (C=O) groups excluding carboxylic acids is 1. The van der Waals surface area contributed by atoms with E-state index in [2.05, 4.69) is 5.32 Å². The molecule has 0 radical (unpaired) electrons. The predicted molar refractivity (Wildman–Crippen MR) is 95.8 cm³/mol. The van der Waals surface area contributed by atoms with E-state index in [1.165, 1.54) is 0 Å². The number of aromatic hydroxyl groups is 1. The molecule has 0 aliphatic rings. The molecule has 3 aromatic rings. The summed E-state index contributed by atoms with van der Waals surface area (Å²) in [6.45, 7) is 4.37. The average molecular weight is 339 g/mol. The van der Waals surface area contributed by atoms with Crippen molar-refractivity contribution in [2.45, 2.75) is 26.3 Å². The number of carbonyl (C=O) groups is 1. The molecular weight excluding hydrogens is 318 g/mol. The van der Waals surface area contributed by atoms with Gasteiger partial charge in [0.25, 0.3) is 0 Å². The molecule has 0 aliphatic carbocycles. The highest BCUT2D eigenvalue weighted by molar-refractivity contribution is 5.84. The third kappa shape index (κ3) is 3.94. The van der Waals surface area contributed by atoms with Crippen LogP contribution in [-0.2, 0) is 11.2 Å². The van der Waals surface area contributed by atoms with Crippen LogP contribution in [0.1, 0.15) is 31.2 Å². The first-order valence-electron chi connectivity index (χ1n) is 8.29. The highest BCUT2D eigenvalue weighted by Crippen LogP contribution is 2.31. The second-order valence-corrected chi connectivity index (χ2v) is 5.89. The number of nitrogens with one attached hydrogen (secondary N) is 1. The third-order valence-electron chi connectivity index (χ3n) is 3.93. The molecule has 0 bridgehead atoms. The van der Waals surface area contributed by atoms with Crippen LogP contribution in [0.3, 0.4) is 0 Å². The quantitative estimate of drug-likeness (QED) is 0.713. The number of hydrogen-bond donors (Lipinski definition) is 2. The lowest BCUT2D eigenvalue weighted by atomic mass is 10.1. The summed E-state index contributed by atoms with van der Waals surface area (Å²) in [6.07, 6.45) is 0.245. The molecule has 0 saturated carbocycles. The SMILES string of the molecule is CCOc1cccc2cc(C(C)NC(=O)Cc3ccc(O)cc3)oc12. The topological polar surface area (TPSA) is 71.7 Å². The van der Waals surface area contributed by atoms with Crippen LogP contribution in [0.15, 0.2) is 52.9 Å². The summed E-state index contributed by atoms with van der Waals surface area (Å²) < 4.78 is 11.5. The molecule has 2 aromatic carbocycles. The zero-order chi connectivity index (χ0) is 17.8. The van der Waals surface area contributed by atoms with Gasteiger partial charge in [0.15, 0.2) is 11.3 Å². The minimum atomic E-state index is -0.258. The molecular formula is C20H21NO4. The Kier molecular flexibility index (Phi) is 4.93. The number of rotatable bonds is 6. The van der Waals surface area contributed by atoms with Gasteiger partial charge in [0.1, 0.15) is 11.5 Å². The van der Waals surface area contributed by atoms with Crippen LogP contribution in [0, 0.1) is 0 Å². The predicted octanol–water partition coefficient (Wildman–Crippen LogP) is 3.96. The molecule has 1 atom stereocenters. The summed E-state index contributed by atoms with van der Waals surface area (Å²) in [5, 5.41) is 13.2. The number of benzene rings is 2. The Hall–Kier alpha value is -2.95. The molecule has 1 aromatic heterocycles. The number of phenols is 1. The van der Waals surface area contributed by atoms with E-state index >= 15 is 0 Å². The van der Waals surface area contributed by atoms with Gasteiger partial charge in [-0.05, 0) is 43.7 Å². The first kappa shape index (κ1) is 16.9. The maximum absolute atomic E-state index is 12.2. The lowest BCUT2D eigenvalue weighted by Gasteiger charge is -2.11. The van der Waals surface area contributed by atoms with Gasteiger partial charge in [-0.3, -0.25) is 4.79 Å². The molecule has 1 unspecified atom stereocenters. The second-order valence-electron chi connectivity index (χ2n) is 5.89. The average Bonchev–Trinajstić information content (AvgIpc) is 3.02. The van der Waals surface area contributed by atoms with Crippen molar-refractivity contribution in [1.82, 2.24) is 5.32 Å². The maximum Gasteiger partial charge on any atom is 0.224 e. The van der Waals surface area contributed by atoms with Crippen LogP contribution in [0.4, 0.5) is 0 Å². The first-order chi connectivity index (χ1) is 12.1. The smallest absolute Gasteiger partial charge is 0.224 e. The van der Waals surface area contributed by atoms with E-state index in [1.807, 2.05) is 38.1 Å². The summed E-state index contributed by atoms with van der Waals surface area (Å²) in [7, 11) is 0. The number of hydrogen-bond acceptors (Lipinski definition) is 4. The van der Waals surface area contributed by atoms with E-state index in [4.69, 9.17) is 9.15 Å². The number of para-hydroxylation sites is 1. The highest BCUT2D eigenvalue weighted by atomic mass is 16.5. The molecule has 5 nitrogen and oxygen atoms in total. The van der Waals surface area contributed by atoms with E-state index in [0.29, 0.717) is 23.7 Å². The van der Waals surface area contributed by atoms with E-state index in [-0.39, 0.29) is 24.1 Å². The highest BCUT2D eigenvalue weighted by Gasteiger charge is 2.16. The standard InChI is InChI=1S/C20H21NO4/c1-3-24-17-6-4-5-15-12-18(25-20(15)17)13(2)21-19(23)11-14-7-9-16(22)10-8-14/h4-10,12-13,22H,3,11H2,1-2H3,(H,21,23). The fourth-order valence-corrected chi connectivity index (χ4v) is 2.70. The maximum atomic E-state index is 12.2. The third-order valence-corrected chi connectivity index (χ3v) is 3.93. The minimum Gasteiger partial charge on any atom is -0.508 e. The molecule has 5 heteroatoms. The van der Waals surface area contributed by atoms with Gasteiger partial charge in [0.05, 0.1) is 19.1 Å². The monoisotopic (exact) mass is 339 g/mol. The summed E-state index contributed by atoms with van der Waals surface area (Å²) in [5.74, 6) is 1.46. The molecule has 25 heavy (non-hydrogen) atoms. The Labute approximate surface area is 146 Å². The fourth-order valence-electron chi connectivity index (χ4n) is 2.70. The van der Waals surface area contributed by atoms with Crippen molar-refractivity contribution >= 4 is 16.9 Å². The van der Waals surface area contributed by atoms with E-state index in [0.717, 1.165) is 10.9 Å². The van der Waals surface area contributed by atoms with Gasteiger partial charge in [-0.25, -0.2) is 0 Å². The van der Waals surface area contributed by atoms with Gasteiger partial charge >= 0.3 is 0 Å². The Morgan fingerprint density at radius 2 is 2.00 bits per heavy atom. The minimum absolute atomic E-state index is 0.108. The van der Waals surface area contributed by atoms with Crippen LogP contribution in [0.2, 0.25) is 0 Å². The van der Waals surface area contributed by atoms with E-state index in [1.54, 1.807) is 24.3 Å². The summed E-state index contributed by atoms with van der Waals surface area (Å²) >= 11 is 0. The van der Waals surface area contributed by atoms with Crippen molar-refractivity contribution in [2.24, 2.45) is 0 Å². The largest absolute Gasteiger partial charge is 0.508 e. The molecule has 1 heterocycles. The van der Waals surface area contributed by atoms with Gasteiger partial charge in [-0.1, -0.05) is 24.3 Å². The number of phenolic OH excluding ortho intramolecular Hbond substituents is 1. The molecule has 0 fully saturated rings. The number of furan rings is 1. The van der Waals surface area contributed by atoms with Crippen molar-refractivity contribution in [3.8, 4) is 11.5 Å². The number of ether oxygens (including phenoxy) is 1. The van der Waals surface area contributed by atoms with Crippen molar-refractivity contribution < 1.29 is 19.1 Å². The summed E-state index contributed by atoms with van der Waals surface area (Å²) in [5.41, 5.74) is 1.53. The summed E-state index contributed by atoms with van der Waals surface area (Å²) in [4.78, 5) is 12.2. The molecule has 3 rings (SSSR count). The number of amides is 1. The van der Waals surface area contributed by atoms with Crippen LogP contribution in [0.25, 0.3) is 11.0 Å². The van der Waals surface area contributed by atoms with Crippen LogP contribution >= 0.6 is 0 Å². The normalized spacial score (nSPS) is 12.1. The van der Waals surface area contributed by atoms with Crippen molar-refractivity contribution in [3.05, 3.63) is 59.9 Å². The van der Waals surface area contributed by atoms with Crippen molar-refractivity contribution in [3.63, 3.8) is 0 Å². The van der Waals surface area contributed by atoms with Crippen molar-refractivity contribution in [2.75, 3.05) is 6.61 Å². The van der Waals surface area contributed by atoms with Crippen LogP contribution < -0.4 is 10.1 Å². The lowest BCUT2D eigenvalue weighted by molar-refractivity contribution is -0.121. The Morgan fingerprint density at radius 1 is 1.24 bits per heavy atom. The van der Waals surface area contributed by atoms with Crippen LogP contribution in [-0.4, -0.2) is 17.6 Å². The Bertz CT molecular complexity index is 867. The number of fused-ring (bicyclic) bond motifs is 1. The van der Waals surface area contributed by atoms with Gasteiger partial charge in [0, 0.05) is 5.39 Å².